The van der Waals surface area contributed by atoms with Crippen molar-refractivity contribution in [2.24, 2.45) is 0 Å². The van der Waals surface area contributed by atoms with Crippen LogP contribution in [-0.4, -0.2) is 11.9 Å². The SMILES string of the molecule is O=C(OOC(=O)c1ccsc1)c1ccsc1. The van der Waals surface area contributed by atoms with E-state index >= 15 is 0 Å². The van der Waals surface area contributed by atoms with Crippen LogP contribution < -0.4 is 0 Å². The van der Waals surface area contributed by atoms with E-state index in [1.54, 1.807) is 33.7 Å². The van der Waals surface area contributed by atoms with Crippen molar-refractivity contribution in [3.63, 3.8) is 0 Å². The summed E-state index contributed by atoms with van der Waals surface area (Å²) in [7, 11) is 0. The summed E-state index contributed by atoms with van der Waals surface area (Å²) in [5.41, 5.74) is 0.728. The molecule has 0 spiro atoms. The van der Waals surface area contributed by atoms with Gasteiger partial charge in [0.15, 0.2) is 0 Å². The standard InChI is InChI=1S/C10H6O4S2/c11-9(7-1-3-15-5-7)13-14-10(12)8-2-4-16-6-8/h1-6H. The van der Waals surface area contributed by atoms with Crippen LogP contribution in [0.25, 0.3) is 0 Å². The van der Waals surface area contributed by atoms with Gasteiger partial charge in [-0.15, -0.1) is 0 Å². The van der Waals surface area contributed by atoms with Gasteiger partial charge in [-0.2, -0.15) is 22.7 Å². The van der Waals surface area contributed by atoms with Gasteiger partial charge in [0.25, 0.3) is 0 Å². The van der Waals surface area contributed by atoms with Crippen LogP contribution in [0.3, 0.4) is 0 Å². The lowest BCUT2D eigenvalue weighted by Crippen LogP contribution is -2.10. The average Bonchev–Trinajstić information content (AvgIpc) is 2.95. The van der Waals surface area contributed by atoms with Crippen molar-refractivity contribution >= 4 is 34.6 Å². The Balaban J connectivity index is 1.89. The predicted molar refractivity (Wildman–Crippen MR) is 59.5 cm³/mol. The molecule has 0 N–H and O–H groups in total. The first kappa shape index (κ1) is 10.8. The number of hydrogen-bond donors (Lipinski definition) is 0. The molecule has 0 saturated carbocycles. The highest BCUT2D eigenvalue weighted by atomic mass is 32.1. The van der Waals surface area contributed by atoms with Crippen molar-refractivity contribution < 1.29 is 19.4 Å². The molecule has 2 aromatic heterocycles. The van der Waals surface area contributed by atoms with E-state index in [2.05, 4.69) is 9.78 Å². The van der Waals surface area contributed by atoms with Crippen LogP contribution in [0, 0.1) is 0 Å². The lowest BCUT2D eigenvalue weighted by Gasteiger charge is -1.99. The van der Waals surface area contributed by atoms with Crippen molar-refractivity contribution in [2.75, 3.05) is 0 Å². The van der Waals surface area contributed by atoms with E-state index in [1.165, 1.54) is 22.7 Å². The van der Waals surface area contributed by atoms with Gasteiger partial charge in [0.05, 0.1) is 11.1 Å². The fraction of sp³-hybridized carbons (Fsp3) is 0. The van der Waals surface area contributed by atoms with Gasteiger partial charge in [0.2, 0.25) is 0 Å². The summed E-state index contributed by atoms with van der Waals surface area (Å²) in [5.74, 6) is -1.35. The highest BCUT2D eigenvalue weighted by molar-refractivity contribution is 7.08. The molecule has 0 amide bonds. The van der Waals surface area contributed by atoms with E-state index < -0.39 is 11.9 Å². The van der Waals surface area contributed by atoms with Gasteiger partial charge < -0.3 is 0 Å². The second kappa shape index (κ2) is 4.91. The molecule has 2 aromatic rings. The lowest BCUT2D eigenvalue weighted by molar-refractivity contribution is -0.187. The Hall–Kier alpha value is -1.66. The van der Waals surface area contributed by atoms with Gasteiger partial charge >= 0.3 is 11.9 Å². The quantitative estimate of drug-likeness (QED) is 0.610. The fourth-order valence-electron chi connectivity index (χ4n) is 0.933. The minimum atomic E-state index is -0.676. The third kappa shape index (κ3) is 2.47. The number of carbonyl (C=O) groups excluding carboxylic acids is 2. The zero-order valence-electron chi connectivity index (χ0n) is 7.91. The molecule has 0 saturated heterocycles. The maximum atomic E-state index is 11.3. The molecule has 0 atom stereocenters. The summed E-state index contributed by atoms with van der Waals surface area (Å²) >= 11 is 2.72. The topological polar surface area (TPSA) is 52.6 Å². The monoisotopic (exact) mass is 254 g/mol. The van der Waals surface area contributed by atoms with Gasteiger partial charge in [-0.05, 0) is 22.9 Å². The molecule has 0 aliphatic rings. The van der Waals surface area contributed by atoms with Crippen LogP contribution in [0.15, 0.2) is 33.7 Å². The first-order valence-corrected chi connectivity index (χ1v) is 6.13. The zero-order valence-corrected chi connectivity index (χ0v) is 9.55. The van der Waals surface area contributed by atoms with Crippen molar-refractivity contribution in [2.45, 2.75) is 0 Å². The largest absolute Gasteiger partial charge is 0.387 e. The van der Waals surface area contributed by atoms with Crippen molar-refractivity contribution in [1.29, 1.82) is 0 Å². The average molecular weight is 254 g/mol. The molecule has 2 rings (SSSR count). The van der Waals surface area contributed by atoms with Crippen molar-refractivity contribution in [1.82, 2.24) is 0 Å². The summed E-state index contributed by atoms with van der Waals surface area (Å²) in [6, 6.07) is 3.18. The second-order valence-corrected chi connectivity index (χ2v) is 4.33. The van der Waals surface area contributed by atoms with Crippen molar-refractivity contribution in [3.8, 4) is 0 Å². The smallest absolute Gasteiger partial charge is 0.241 e. The van der Waals surface area contributed by atoms with E-state index in [9.17, 15) is 9.59 Å². The van der Waals surface area contributed by atoms with Crippen LogP contribution in [0.1, 0.15) is 20.7 Å². The Bertz CT molecular complexity index is 427. The molecule has 4 nitrogen and oxygen atoms in total. The predicted octanol–water partition coefficient (Wildman–Crippen LogP) is 2.74. The number of hydrogen-bond acceptors (Lipinski definition) is 6. The Labute approximate surface area is 99.0 Å². The molecule has 6 heteroatoms. The third-order valence-electron chi connectivity index (χ3n) is 1.71. The second-order valence-electron chi connectivity index (χ2n) is 2.77. The van der Waals surface area contributed by atoms with Gasteiger partial charge in [0.1, 0.15) is 0 Å². The first-order chi connectivity index (χ1) is 7.77. The van der Waals surface area contributed by atoms with E-state index in [0.29, 0.717) is 11.1 Å². The highest BCUT2D eigenvalue weighted by Crippen LogP contribution is 2.10. The van der Waals surface area contributed by atoms with Gasteiger partial charge in [-0.3, -0.25) is 0 Å². The molecule has 0 aliphatic carbocycles. The summed E-state index contributed by atoms with van der Waals surface area (Å²) in [4.78, 5) is 31.4. The Morgan fingerprint density at radius 1 is 0.875 bits per heavy atom. The molecule has 2 heterocycles. The van der Waals surface area contributed by atoms with E-state index in [-0.39, 0.29) is 0 Å². The van der Waals surface area contributed by atoms with E-state index in [4.69, 9.17) is 0 Å². The number of rotatable bonds is 2. The van der Waals surface area contributed by atoms with E-state index in [0.717, 1.165) is 0 Å². The van der Waals surface area contributed by atoms with E-state index in [1.807, 2.05) is 0 Å². The molecule has 0 aliphatic heterocycles. The molecular weight excluding hydrogens is 248 g/mol. The van der Waals surface area contributed by atoms with Gasteiger partial charge in [-0.1, -0.05) is 0 Å². The Kier molecular flexibility index (Phi) is 3.33. The van der Waals surface area contributed by atoms with Crippen LogP contribution in [0.5, 0.6) is 0 Å². The highest BCUT2D eigenvalue weighted by Gasteiger charge is 2.14. The normalized spacial score (nSPS) is 9.75. The summed E-state index contributed by atoms with van der Waals surface area (Å²) in [6.07, 6.45) is 0. The maximum absolute atomic E-state index is 11.3. The van der Waals surface area contributed by atoms with Crippen LogP contribution in [0.4, 0.5) is 0 Å². The van der Waals surface area contributed by atoms with Crippen molar-refractivity contribution in [3.05, 3.63) is 44.8 Å². The molecule has 16 heavy (non-hydrogen) atoms. The minimum Gasteiger partial charge on any atom is -0.241 e. The van der Waals surface area contributed by atoms with Crippen LogP contribution in [-0.2, 0) is 9.78 Å². The molecular formula is C10H6O4S2. The summed E-state index contributed by atoms with van der Waals surface area (Å²) in [5, 5.41) is 6.69. The Morgan fingerprint density at radius 2 is 1.31 bits per heavy atom. The van der Waals surface area contributed by atoms with Gasteiger partial charge in [-0.25, -0.2) is 19.4 Å². The molecule has 0 bridgehead atoms. The summed E-state index contributed by atoms with van der Waals surface area (Å²) < 4.78 is 0. The maximum Gasteiger partial charge on any atom is 0.387 e. The molecule has 0 aromatic carbocycles. The number of thiophene rings is 2. The third-order valence-corrected chi connectivity index (χ3v) is 3.07. The fourth-order valence-corrected chi connectivity index (χ4v) is 2.18. The summed E-state index contributed by atoms with van der Waals surface area (Å²) in [6.45, 7) is 0. The Morgan fingerprint density at radius 3 is 1.62 bits per heavy atom. The number of carbonyl (C=O) groups is 2. The molecule has 0 fully saturated rings. The minimum absolute atomic E-state index is 0.364. The zero-order chi connectivity index (χ0) is 11.4. The molecule has 0 unspecified atom stereocenters. The first-order valence-electron chi connectivity index (χ1n) is 4.25. The van der Waals surface area contributed by atoms with Crippen LogP contribution >= 0.6 is 22.7 Å². The lowest BCUT2D eigenvalue weighted by atomic mass is 10.3. The van der Waals surface area contributed by atoms with Crippen LogP contribution in [0.2, 0.25) is 0 Å². The molecule has 0 radical (unpaired) electrons. The molecule has 82 valence electrons. The van der Waals surface area contributed by atoms with Gasteiger partial charge in [0, 0.05) is 10.8 Å².